The molecule has 46 heavy (non-hydrogen) atoms. The predicted molar refractivity (Wildman–Crippen MR) is 169 cm³/mol. The highest BCUT2D eigenvalue weighted by molar-refractivity contribution is 7.80. The fourth-order valence-corrected chi connectivity index (χ4v) is 5.85. The summed E-state index contributed by atoms with van der Waals surface area (Å²) in [5.41, 5.74) is 12.3. The minimum atomic E-state index is -4.93. The lowest BCUT2D eigenvalue weighted by Crippen LogP contribution is -2.68. The molecule has 0 radical (unpaired) electrons. The van der Waals surface area contributed by atoms with Gasteiger partial charge >= 0.3 is 10.4 Å². The van der Waals surface area contributed by atoms with Gasteiger partial charge in [-0.3, -0.25) is 19.6 Å². The number of carbonyl (C=O) groups excluding carboxylic acids is 2. The number of nitrogen functional groups attached to an aromatic ring is 1. The molecule has 4 rings (SSSR count). The van der Waals surface area contributed by atoms with Crippen LogP contribution in [0.25, 0.3) is 11.3 Å². The van der Waals surface area contributed by atoms with Crippen molar-refractivity contribution in [2.24, 2.45) is 23.9 Å². The standard InChI is InChI=1S/C28H38N8O8S2/c1-5-18(15-42-19-9-7-17(8-10-19)22-14-35(12-6-11-29)27(31)34(22)4)43-33-24(21-16-45-26(30)32-21)23(37)13-20-25(38)36(28(20,2)3)44-46(39,40)41/h7-10,14,16,18,20,31H,5-6,11-13,15,29H2,1-4H3,(H2,30,32)(H,39,40,41)/b31-27?,33-24-/t18-,20-/m1/s1. The Labute approximate surface area is 270 Å². The Morgan fingerprint density at radius 1 is 1.28 bits per heavy atom. The Morgan fingerprint density at radius 3 is 2.54 bits per heavy atom. The molecule has 1 fully saturated rings. The second-order valence-corrected chi connectivity index (χ2v) is 13.1. The van der Waals surface area contributed by atoms with E-state index in [-0.39, 0.29) is 29.6 Å². The third-order valence-corrected chi connectivity index (χ3v) is 8.64. The van der Waals surface area contributed by atoms with Gasteiger partial charge in [0.15, 0.2) is 22.7 Å². The molecule has 250 valence electrons. The summed E-state index contributed by atoms with van der Waals surface area (Å²) in [5.74, 6) is -1.76. The SMILES string of the molecule is CC[C@H](COc1ccc(-c2cn(CCCN)c(=N)n2C)cc1)O/N=C(\C(=O)C[C@@H]1C(=O)N(OS(=O)(=O)O)C1(C)C)c1csc(N)n1. The van der Waals surface area contributed by atoms with E-state index in [4.69, 9.17) is 31.0 Å². The van der Waals surface area contributed by atoms with E-state index in [1.807, 2.05) is 49.0 Å². The summed E-state index contributed by atoms with van der Waals surface area (Å²) in [4.78, 5) is 35.8. The molecule has 18 heteroatoms. The molecule has 0 saturated carbocycles. The normalized spacial score (nSPS) is 17.1. The smallest absolute Gasteiger partial charge is 0.418 e. The summed E-state index contributed by atoms with van der Waals surface area (Å²) in [6.07, 6.45) is 2.27. The second-order valence-electron chi connectivity index (χ2n) is 11.2. The quantitative estimate of drug-likeness (QED) is 0.0739. The van der Waals surface area contributed by atoms with Crippen molar-refractivity contribution in [3.05, 3.63) is 47.2 Å². The molecule has 3 heterocycles. The molecule has 2 aromatic heterocycles. The number of nitrogens with zero attached hydrogens (tertiary/aromatic N) is 5. The van der Waals surface area contributed by atoms with Gasteiger partial charge in [-0.1, -0.05) is 12.1 Å². The van der Waals surface area contributed by atoms with Gasteiger partial charge in [0.25, 0.3) is 5.91 Å². The highest BCUT2D eigenvalue weighted by atomic mass is 32.3. The predicted octanol–water partition coefficient (Wildman–Crippen LogP) is 1.87. The van der Waals surface area contributed by atoms with Crippen LogP contribution in [0.4, 0.5) is 5.13 Å². The number of imidazole rings is 1. The molecule has 0 bridgehead atoms. The van der Waals surface area contributed by atoms with Crippen molar-refractivity contribution in [2.45, 2.75) is 58.2 Å². The molecule has 0 spiro atoms. The van der Waals surface area contributed by atoms with Crippen LogP contribution in [0.5, 0.6) is 5.75 Å². The highest BCUT2D eigenvalue weighted by Gasteiger charge is 2.57. The van der Waals surface area contributed by atoms with Gasteiger partial charge in [-0.15, -0.1) is 15.6 Å². The Bertz CT molecular complexity index is 1760. The van der Waals surface area contributed by atoms with Crippen LogP contribution in [0, 0.1) is 11.3 Å². The van der Waals surface area contributed by atoms with Gasteiger partial charge in [-0.05, 0) is 63.1 Å². The molecule has 1 aliphatic heterocycles. The van der Waals surface area contributed by atoms with Gasteiger partial charge in [-0.25, -0.2) is 4.98 Å². The highest BCUT2D eigenvalue weighted by Crippen LogP contribution is 2.40. The van der Waals surface area contributed by atoms with Crippen molar-refractivity contribution < 1.29 is 36.4 Å². The summed E-state index contributed by atoms with van der Waals surface area (Å²) in [6, 6.07) is 7.41. The first-order valence-corrected chi connectivity index (χ1v) is 16.6. The summed E-state index contributed by atoms with van der Waals surface area (Å²) in [6.45, 7) is 6.17. The minimum Gasteiger partial charge on any atom is -0.490 e. The van der Waals surface area contributed by atoms with Gasteiger partial charge in [0.05, 0.1) is 17.2 Å². The molecule has 16 nitrogen and oxygen atoms in total. The third-order valence-electron chi connectivity index (χ3n) is 7.63. The first-order valence-electron chi connectivity index (χ1n) is 14.4. The Morgan fingerprint density at radius 2 is 1.98 bits per heavy atom. The van der Waals surface area contributed by atoms with Crippen LogP contribution in [0.15, 0.2) is 41.0 Å². The maximum absolute atomic E-state index is 13.4. The molecule has 1 aromatic carbocycles. The van der Waals surface area contributed by atoms with Crippen LogP contribution in [-0.4, -0.2) is 74.3 Å². The van der Waals surface area contributed by atoms with Crippen LogP contribution in [0.1, 0.15) is 45.7 Å². The number of oxime groups is 1. The largest absolute Gasteiger partial charge is 0.490 e. The zero-order valence-corrected chi connectivity index (χ0v) is 27.5. The number of carbonyl (C=O) groups is 2. The number of thiazole rings is 1. The fraction of sp³-hybridized carbons (Fsp3) is 0.464. The second kappa shape index (κ2) is 14.1. The number of nitrogens with two attached hydrogens (primary N) is 2. The van der Waals surface area contributed by atoms with Crippen molar-refractivity contribution in [1.29, 1.82) is 5.41 Å². The van der Waals surface area contributed by atoms with E-state index < -0.39 is 39.7 Å². The van der Waals surface area contributed by atoms with Crippen LogP contribution in [-0.2, 0) is 42.7 Å². The van der Waals surface area contributed by atoms with Gasteiger partial charge in [0, 0.05) is 31.6 Å². The third kappa shape index (κ3) is 7.81. The first-order chi connectivity index (χ1) is 21.7. The van der Waals surface area contributed by atoms with Crippen LogP contribution in [0.2, 0.25) is 0 Å². The zero-order valence-electron chi connectivity index (χ0n) is 25.9. The number of hydrogen-bond acceptors (Lipinski definition) is 13. The lowest BCUT2D eigenvalue weighted by molar-refractivity contribution is -0.228. The Balaban J connectivity index is 1.43. The van der Waals surface area contributed by atoms with Crippen LogP contribution in [0.3, 0.4) is 0 Å². The number of aryl methyl sites for hydroxylation is 1. The lowest BCUT2D eigenvalue weighted by atomic mass is 9.74. The number of Topliss-reactive ketones (excluding diaryl/α,β-unsaturated/α-hetero) is 1. The van der Waals surface area contributed by atoms with Gasteiger partial charge < -0.3 is 30.2 Å². The Kier molecular flexibility index (Phi) is 10.7. The summed E-state index contributed by atoms with van der Waals surface area (Å²) in [5, 5.41) is 14.7. The molecule has 1 aliphatic rings. The zero-order chi connectivity index (χ0) is 33.8. The molecule has 0 unspecified atom stereocenters. The van der Waals surface area contributed by atoms with Crippen molar-refractivity contribution >= 4 is 44.3 Å². The Hall–Kier alpha value is -4.10. The summed E-state index contributed by atoms with van der Waals surface area (Å²) < 4.78 is 45.2. The number of β-lactam (4-membered cyclic amide) rings is 1. The number of rotatable bonds is 16. The van der Waals surface area contributed by atoms with E-state index in [1.54, 1.807) is 4.57 Å². The van der Waals surface area contributed by atoms with E-state index in [1.165, 1.54) is 19.2 Å². The van der Waals surface area contributed by atoms with E-state index in [0.717, 1.165) is 29.0 Å². The first kappa shape index (κ1) is 34.8. The van der Waals surface area contributed by atoms with Crippen molar-refractivity contribution in [3.8, 4) is 17.0 Å². The number of amides is 1. The number of anilines is 1. The number of ketones is 1. The van der Waals surface area contributed by atoms with Crippen molar-refractivity contribution in [2.75, 3.05) is 18.9 Å². The number of ether oxygens (including phenoxy) is 1. The van der Waals surface area contributed by atoms with Gasteiger partial charge in [0.2, 0.25) is 5.62 Å². The molecule has 6 N–H and O–H groups in total. The molecule has 2 atom stereocenters. The molecular weight excluding hydrogens is 640 g/mol. The molecule has 3 aromatic rings. The summed E-state index contributed by atoms with van der Waals surface area (Å²) >= 11 is 1.09. The number of aromatic nitrogens is 3. The average molecular weight is 679 g/mol. The molecule has 1 saturated heterocycles. The molecule has 0 aliphatic carbocycles. The van der Waals surface area contributed by atoms with E-state index in [2.05, 4.69) is 14.4 Å². The number of hydrogen-bond donors (Lipinski definition) is 4. The van der Waals surface area contributed by atoms with E-state index in [0.29, 0.717) is 35.9 Å². The number of nitrogens with one attached hydrogen (secondary N) is 1. The van der Waals surface area contributed by atoms with Crippen molar-refractivity contribution in [1.82, 2.24) is 19.2 Å². The topological polar surface area (TPSA) is 230 Å². The monoisotopic (exact) mass is 678 g/mol. The van der Waals surface area contributed by atoms with Crippen LogP contribution < -0.4 is 21.8 Å². The van der Waals surface area contributed by atoms with Gasteiger partial charge in [-0.2, -0.15) is 13.5 Å². The molecule has 1 amide bonds. The van der Waals surface area contributed by atoms with Crippen LogP contribution >= 0.6 is 11.3 Å². The fourth-order valence-electron chi connectivity index (χ4n) is 4.85. The maximum Gasteiger partial charge on any atom is 0.418 e. The lowest BCUT2D eigenvalue weighted by Gasteiger charge is -2.50. The van der Waals surface area contributed by atoms with Crippen molar-refractivity contribution in [3.63, 3.8) is 0 Å². The maximum atomic E-state index is 13.4. The van der Waals surface area contributed by atoms with E-state index in [9.17, 15) is 18.0 Å². The number of hydroxylamine groups is 2. The molecular formula is C28H38N8O8S2. The summed E-state index contributed by atoms with van der Waals surface area (Å²) in [7, 11) is -3.10. The average Bonchev–Trinajstić information content (AvgIpc) is 3.56. The van der Waals surface area contributed by atoms with Gasteiger partial charge in [0.1, 0.15) is 18.1 Å². The number of benzene rings is 1. The van der Waals surface area contributed by atoms with E-state index >= 15 is 0 Å². The minimum absolute atomic E-state index is 0.107.